The fourth-order valence-corrected chi connectivity index (χ4v) is 5.13. The minimum Gasteiger partial charge on any atom is -0.373 e. The minimum atomic E-state index is -0.498. The number of methoxy groups -OCH3 is 1. The van der Waals surface area contributed by atoms with Crippen LogP contribution in [0.2, 0.25) is 0 Å². The highest BCUT2D eigenvalue weighted by atomic mass is 16.5. The van der Waals surface area contributed by atoms with E-state index in [2.05, 4.69) is 20.9 Å². The van der Waals surface area contributed by atoms with Gasteiger partial charge in [-0.25, -0.2) is 0 Å². The predicted molar refractivity (Wildman–Crippen MR) is 102 cm³/mol. The number of fused-ring (bicyclic) bond motifs is 2. The smallest absolute Gasteiger partial charge is 0.267 e. The second-order valence-electron chi connectivity index (χ2n) is 7.67. The summed E-state index contributed by atoms with van der Waals surface area (Å²) in [5, 5.41) is 0. The lowest BCUT2D eigenvalue weighted by atomic mass is 9.62. The number of primary amides is 1. The molecule has 6 heteroatoms. The lowest BCUT2D eigenvalue weighted by Crippen LogP contribution is -2.58. The van der Waals surface area contributed by atoms with Gasteiger partial charge in [-0.2, -0.15) is 0 Å². The molecule has 0 aromatic carbocycles. The number of rotatable bonds is 5. The fraction of sp³-hybridized carbons (Fsp3) is 0.476. The van der Waals surface area contributed by atoms with E-state index in [4.69, 9.17) is 10.5 Å². The maximum Gasteiger partial charge on any atom is 0.267 e. The first-order chi connectivity index (χ1) is 13.1. The molecule has 6 nitrogen and oxygen atoms in total. The Morgan fingerprint density at radius 3 is 2.70 bits per heavy atom. The average molecular weight is 366 g/mol. The van der Waals surface area contributed by atoms with Crippen molar-refractivity contribution in [3.63, 3.8) is 0 Å². The van der Waals surface area contributed by atoms with Crippen molar-refractivity contribution >= 4 is 5.91 Å². The van der Waals surface area contributed by atoms with Gasteiger partial charge in [0.25, 0.3) is 5.91 Å². The molecule has 27 heavy (non-hydrogen) atoms. The van der Waals surface area contributed by atoms with Crippen LogP contribution in [0.3, 0.4) is 0 Å². The van der Waals surface area contributed by atoms with Crippen molar-refractivity contribution in [2.45, 2.75) is 31.4 Å². The summed E-state index contributed by atoms with van der Waals surface area (Å²) in [5.74, 6) is 0.242. The van der Waals surface area contributed by atoms with Crippen molar-refractivity contribution in [1.29, 1.82) is 0 Å². The van der Waals surface area contributed by atoms with E-state index < -0.39 is 5.91 Å². The summed E-state index contributed by atoms with van der Waals surface area (Å²) in [7, 11) is 1.80. The number of hydrogen-bond acceptors (Lipinski definition) is 5. The van der Waals surface area contributed by atoms with Crippen LogP contribution in [0.1, 0.15) is 40.9 Å². The summed E-state index contributed by atoms with van der Waals surface area (Å²) in [6, 6.07) is 7.93. The van der Waals surface area contributed by atoms with Gasteiger partial charge in [0.15, 0.2) is 0 Å². The molecule has 3 heterocycles. The van der Waals surface area contributed by atoms with Crippen molar-refractivity contribution in [1.82, 2.24) is 14.9 Å². The third kappa shape index (κ3) is 3.24. The second kappa shape index (κ2) is 7.37. The molecular formula is C21H26N4O2. The third-order valence-electron chi connectivity index (χ3n) is 6.21. The summed E-state index contributed by atoms with van der Waals surface area (Å²) in [5.41, 5.74) is 7.66. The Morgan fingerprint density at radius 1 is 1.30 bits per heavy atom. The molecule has 2 fully saturated rings. The molecule has 1 amide bonds. The fourth-order valence-electron chi connectivity index (χ4n) is 5.13. The average Bonchev–Trinajstić information content (AvgIpc) is 2.68. The Bertz CT molecular complexity index is 797. The van der Waals surface area contributed by atoms with E-state index in [9.17, 15) is 4.79 Å². The predicted octanol–water partition coefficient (Wildman–Crippen LogP) is 2.35. The maximum absolute atomic E-state index is 11.6. The second-order valence-corrected chi connectivity index (χ2v) is 7.67. The number of nitrogens with zero attached hydrogens (tertiary/aromatic N) is 3. The molecule has 1 saturated heterocycles. The number of carbonyl (C=O) groups excluding carboxylic acids is 1. The Labute approximate surface area is 159 Å². The first kappa shape index (κ1) is 18.1. The summed E-state index contributed by atoms with van der Waals surface area (Å²) in [6.45, 7) is 2.84. The van der Waals surface area contributed by atoms with Crippen LogP contribution in [0, 0.1) is 11.8 Å². The van der Waals surface area contributed by atoms with Gasteiger partial charge >= 0.3 is 0 Å². The molecule has 2 N–H and O–H groups in total. The molecule has 4 rings (SSSR count). The summed E-state index contributed by atoms with van der Waals surface area (Å²) < 4.78 is 6.25. The zero-order chi connectivity index (χ0) is 18.9. The molecule has 2 aromatic heterocycles. The van der Waals surface area contributed by atoms with Gasteiger partial charge < -0.3 is 10.5 Å². The molecule has 2 bridgehead atoms. The molecule has 2 aliphatic rings. The van der Waals surface area contributed by atoms with Gasteiger partial charge in [0.05, 0.1) is 0 Å². The van der Waals surface area contributed by atoms with Crippen molar-refractivity contribution in [3.05, 3.63) is 59.7 Å². The number of amides is 1. The third-order valence-corrected chi connectivity index (χ3v) is 6.21. The SMILES string of the molecule is COC1(c2ccnc(C(N)=O)c2)C2CCCC1CN(Cc1cccnc1)C2. The van der Waals surface area contributed by atoms with Crippen LogP contribution in [0.4, 0.5) is 0 Å². The first-order valence-corrected chi connectivity index (χ1v) is 9.56. The van der Waals surface area contributed by atoms with Crippen LogP contribution in [0.25, 0.3) is 0 Å². The zero-order valence-corrected chi connectivity index (χ0v) is 15.7. The zero-order valence-electron chi connectivity index (χ0n) is 15.7. The van der Waals surface area contributed by atoms with Crippen molar-refractivity contribution in [2.75, 3.05) is 20.2 Å². The monoisotopic (exact) mass is 366 g/mol. The van der Waals surface area contributed by atoms with Crippen molar-refractivity contribution in [3.8, 4) is 0 Å². The largest absolute Gasteiger partial charge is 0.373 e. The molecule has 2 unspecified atom stereocenters. The van der Waals surface area contributed by atoms with Crippen LogP contribution in [0.15, 0.2) is 42.9 Å². The highest BCUT2D eigenvalue weighted by molar-refractivity contribution is 5.90. The molecule has 0 radical (unpaired) electrons. The number of piperidine rings is 1. The highest BCUT2D eigenvalue weighted by Gasteiger charge is 2.53. The Morgan fingerprint density at radius 2 is 2.07 bits per heavy atom. The summed E-state index contributed by atoms with van der Waals surface area (Å²) in [4.78, 5) is 22.5. The van der Waals surface area contributed by atoms with Crippen LogP contribution >= 0.6 is 0 Å². The van der Waals surface area contributed by atoms with E-state index >= 15 is 0 Å². The molecule has 1 aliphatic carbocycles. The lowest BCUT2D eigenvalue weighted by molar-refractivity contribution is -0.170. The molecule has 2 atom stereocenters. The summed E-state index contributed by atoms with van der Waals surface area (Å²) >= 11 is 0. The Hall–Kier alpha value is -2.31. The highest BCUT2D eigenvalue weighted by Crippen LogP contribution is 2.51. The van der Waals surface area contributed by atoms with E-state index in [1.54, 1.807) is 13.3 Å². The molecule has 1 saturated carbocycles. The lowest BCUT2D eigenvalue weighted by Gasteiger charge is -2.55. The molecular weight excluding hydrogens is 340 g/mol. The van der Waals surface area contributed by atoms with E-state index in [0.29, 0.717) is 17.5 Å². The number of likely N-dealkylation sites (tertiary alicyclic amines) is 1. The van der Waals surface area contributed by atoms with E-state index in [1.165, 1.54) is 12.0 Å². The van der Waals surface area contributed by atoms with Crippen molar-refractivity contribution in [2.24, 2.45) is 17.6 Å². The number of ether oxygens (including phenoxy) is 1. The van der Waals surface area contributed by atoms with Gasteiger partial charge in [0, 0.05) is 57.2 Å². The number of nitrogens with two attached hydrogens (primary N) is 1. The number of carbonyl (C=O) groups is 1. The van der Waals surface area contributed by atoms with E-state index in [0.717, 1.165) is 38.0 Å². The van der Waals surface area contributed by atoms with Gasteiger partial charge in [0.1, 0.15) is 11.3 Å². The topological polar surface area (TPSA) is 81.3 Å². The summed E-state index contributed by atoms with van der Waals surface area (Å²) in [6.07, 6.45) is 8.87. The standard InChI is InChI=1S/C21H26N4O2/c1-27-21(16-7-9-24-19(10-16)20(22)26)17-5-2-6-18(21)14-25(13-17)12-15-4-3-8-23-11-15/h3-4,7-11,17-18H,2,5-6,12-14H2,1H3,(H2,22,26). The maximum atomic E-state index is 11.6. The van der Waals surface area contributed by atoms with Gasteiger partial charge in [-0.05, 0) is 42.2 Å². The van der Waals surface area contributed by atoms with Crippen LogP contribution in [0.5, 0.6) is 0 Å². The Kier molecular flexibility index (Phi) is 4.93. The molecule has 2 aromatic rings. The quantitative estimate of drug-likeness (QED) is 0.878. The van der Waals surface area contributed by atoms with Crippen LogP contribution in [-0.2, 0) is 16.9 Å². The number of pyridine rings is 2. The number of hydrogen-bond donors (Lipinski definition) is 1. The molecule has 142 valence electrons. The first-order valence-electron chi connectivity index (χ1n) is 9.56. The molecule has 1 aliphatic heterocycles. The van der Waals surface area contributed by atoms with Gasteiger partial charge in [-0.3, -0.25) is 19.7 Å². The number of aromatic nitrogens is 2. The van der Waals surface area contributed by atoms with Gasteiger partial charge in [0.2, 0.25) is 0 Å². The van der Waals surface area contributed by atoms with E-state index in [-0.39, 0.29) is 5.60 Å². The van der Waals surface area contributed by atoms with Crippen molar-refractivity contribution < 1.29 is 9.53 Å². The van der Waals surface area contributed by atoms with Crippen LogP contribution < -0.4 is 5.73 Å². The molecule has 0 spiro atoms. The minimum absolute atomic E-state index is 0.305. The van der Waals surface area contributed by atoms with Crippen LogP contribution in [-0.4, -0.2) is 41.0 Å². The van der Waals surface area contributed by atoms with E-state index in [1.807, 2.05) is 30.6 Å². The van der Waals surface area contributed by atoms with Gasteiger partial charge in [-0.1, -0.05) is 12.5 Å². The Balaban J connectivity index is 1.64. The normalized spacial score (nSPS) is 28.0. The van der Waals surface area contributed by atoms with Gasteiger partial charge in [-0.15, -0.1) is 0 Å².